The van der Waals surface area contributed by atoms with Gasteiger partial charge in [0.2, 0.25) is 5.91 Å². The summed E-state index contributed by atoms with van der Waals surface area (Å²) in [5.41, 5.74) is 0.249. The zero-order chi connectivity index (χ0) is 12.1. The van der Waals surface area contributed by atoms with Gasteiger partial charge in [0.15, 0.2) is 10.3 Å². The molecule has 7 heteroatoms. The van der Waals surface area contributed by atoms with E-state index < -0.39 is 0 Å². The smallest absolute Gasteiger partial charge is 0.228 e. The van der Waals surface area contributed by atoms with Crippen LogP contribution < -0.4 is 10.6 Å². The van der Waals surface area contributed by atoms with Crippen LogP contribution in [0.3, 0.4) is 0 Å². The van der Waals surface area contributed by atoms with Crippen molar-refractivity contribution in [1.82, 2.24) is 15.3 Å². The minimum absolute atomic E-state index is 0.130. The number of nitrogens with zero attached hydrogens (tertiary/aromatic N) is 2. The number of hydrogen-bond acceptors (Lipinski definition) is 4. The van der Waals surface area contributed by atoms with Crippen LogP contribution in [0.4, 0.5) is 5.69 Å². The summed E-state index contributed by atoms with van der Waals surface area (Å²) in [4.78, 5) is 19.2. The molecule has 1 heterocycles. The molecular weight excluding hydrogens is 251 g/mol. The first-order valence-corrected chi connectivity index (χ1v) is 5.43. The van der Waals surface area contributed by atoms with Crippen LogP contribution in [0.15, 0.2) is 6.33 Å². The highest BCUT2D eigenvalue weighted by atomic mass is 35.5. The first-order chi connectivity index (χ1) is 7.56. The highest BCUT2D eigenvalue weighted by Crippen LogP contribution is 2.25. The molecule has 0 aliphatic rings. The highest BCUT2D eigenvalue weighted by molar-refractivity contribution is 6.38. The number of hydrogen-bond donors (Lipinski definition) is 2. The first-order valence-electron chi connectivity index (χ1n) is 4.67. The molecule has 1 rings (SSSR count). The van der Waals surface area contributed by atoms with Gasteiger partial charge in [0.05, 0.1) is 0 Å². The predicted octanol–water partition coefficient (Wildman–Crippen LogP) is 1.58. The monoisotopic (exact) mass is 262 g/mol. The highest BCUT2D eigenvalue weighted by Gasteiger charge is 2.16. The van der Waals surface area contributed by atoms with Gasteiger partial charge in [-0.05, 0) is 7.05 Å². The third-order valence-corrected chi connectivity index (χ3v) is 2.53. The molecule has 0 fully saturated rings. The van der Waals surface area contributed by atoms with Crippen molar-refractivity contribution in [2.45, 2.75) is 6.92 Å². The van der Waals surface area contributed by atoms with E-state index in [1.165, 1.54) is 6.33 Å². The number of rotatable bonds is 4. The lowest BCUT2D eigenvalue weighted by atomic mass is 10.1. The van der Waals surface area contributed by atoms with Crippen LogP contribution in [0, 0.1) is 5.92 Å². The van der Waals surface area contributed by atoms with Crippen LogP contribution in [0.25, 0.3) is 0 Å². The average Bonchev–Trinajstić information content (AvgIpc) is 2.23. The van der Waals surface area contributed by atoms with Crippen molar-refractivity contribution in [3.8, 4) is 0 Å². The van der Waals surface area contributed by atoms with Crippen molar-refractivity contribution in [1.29, 1.82) is 0 Å². The number of aromatic nitrogens is 2. The molecule has 0 saturated heterocycles. The van der Waals surface area contributed by atoms with Crippen molar-refractivity contribution < 1.29 is 4.79 Å². The molecule has 0 aliphatic carbocycles. The molecule has 1 aromatic rings. The molecule has 1 amide bonds. The Hall–Kier alpha value is -0.910. The number of halogens is 2. The molecule has 0 aromatic carbocycles. The Morgan fingerprint density at radius 3 is 2.50 bits per heavy atom. The van der Waals surface area contributed by atoms with Gasteiger partial charge in [-0.15, -0.1) is 0 Å². The lowest BCUT2D eigenvalue weighted by Crippen LogP contribution is -2.28. The largest absolute Gasteiger partial charge is 0.321 e. The number of amides is 1. The van der Waals surface area contributed by atoms with E-state index in [1.807, 2.05) is 0 Å². The van der Waals surface area contributed by atoms with Crippen molar-refractivity contribution in [2.24, 2.45) is 5.92 Å². The molecule has 0 aliphatic heterocycles. The predicted molar refractivity (Wildman–Crippen MR) is 63.8 cm³/mol. The second kappa shape index (κ2) is 5.98. The Kier molecular flexibility index (Phi) is 4.92. The summed E-state index contributed by atoms with van der Waals surface area (Å²) >= 11 is 11.6. The number of carbonyl (C=O) groups excluding carboxylic acids is 1. The lowest BCUT2D eigenvalue weighted by Gasteiger charge is -2.12. The minimum atomic E-state index is -0.197. The van der Waals surface area contributed by atoms with Crippen LogP contribution in [-0.4, -0.2) is 29.5 Å². The molecule has 16 heavy (non-hydrogen) atoms. The Balaban J connectivity index is 2.77. The third-order valence-electron chi connectivity index (χ3n) is 1.96. The zero-order valence-electron chi connectivity index (χ0n) is 8.92. The van der Waals surface area contributed by atoms with Gasteiger partial charge in [-0.3, -0.25) is 4.79 Å². The maximum Gasteiger partial charge on any atom is 0.228 e. The topological polar surface area (TPSA) is 66.9 Å². The van der Waals surface area contributed by atoms with Gasteiger partial charge in [0.1, 0.15) is 12.0 Å². The molecule has 88 valence electrons. The normalized spacial score (nSPS) is 12.2. The summed E-state index contributed by atoms with van der Waals surface area (Å²) in [6, 6.07) is 0. The van der Waals surface area contributed by atoms with E-state index in [9.17, 15) is 4.79 Å². The van der Waals surface area contributed by atoms with Crippen molar-refractivity contribution >= 4 is 34.8 Å². The molecule has 1 aromatic heterocycles. The summed E-state index contributed by atoms with van der Waals surface area (Å²) < 4.78 is 0. The standard InChI is InChI=1S/C9H12Cl2N4O/c1-5(3-12-2)9(16)15-6-7(10)13-4-14-8(6)11/h4-5,12H,3H2,1-2H3,(H,15,16). The Bertz CT molecular complexity index is 366. The fraction of sp³-hybridized carbons (Fsp3) is 0.444. The van der Waals surface area contributed by atoms with Gasteiger partial charge in [-0.2, -0.15) is 0 Å². The molecule has 0 saturated carbocycles. The summed E-state index contributed by atoms with van der Waals surface area (Å²) in [5, 5.41) is 5.76. The van der Waals surface area contributed by atoms with E-state index in [2.05, 4.69) is 20.6 Å². The molecule has 0 radical (unpaired) electrons. The molecule has 5 nitrogen and oxygen atoms in total. The second-order valence-corrected chi connectivity index (χ2v) is 3.99. The van der Waals surface area contributed by atoms with E-state index in [0.29, 0.717) is 6.54 Å². The molecule has 1 unspecified atom stereocenters. The Labute approximate surface area is 104 Å². The number of carbonyl (C=O) groups is 1. The summed E-state index contributed by atoms with van der Waals surface area (Å²) in [6.07, 6.45) is 1.23. The summed E-state index contributed by atoms with van der Waals surface area (Å²) in [6.45, 7) is 2.35. The van der Waals surface area contributed by atoms with E-state index in [-0.39, 0.29) is 27.8 Å². The Morgan fingerprint density at radius 1 is 1.44 bits per heavy atom. The van der Waals surface area contributed by atoms with Gasteiger partial charge in [0.25, 0.3) is 0 Å². The van der Waals surface area contributed by atoms with Crippen LogP contribution >= 0.6 is 23.2 Å². The van der Waals surface area contributed by atoms with Crippen LogP contribution in [0.5, 0.6) is 0 Å². The van der Waals surface area contributed by atoms with Crippen molar-refractivity contribution in [3.05, 3.63) is 16.6 Å². The van der Waals surface area contributed by atoms with E-state index in [1.54, 1.807) is 14.0 Å². The van der Waals surface area contributed by atoms with Crippen LogP contribution in [0.2, 0.25) is 10.3 Å². The van der Waals surface area contributed by atoms with E-state index in [4.69, 9.17) is 23.2 Å². The van der Waals surface area contributed by atoms with E-state index >= 15 is 0 Å². The minimum Gasteiger partial charge on any atom is -0.321 e. The van der Waals surface area contributed by atoms with E-state index in [0.717, 1.165) is 0 Å². The molecule has 1 atom stereocenters. The zero-order valence-corrected chi connectivity index (χ0v) is 10.4. The first kappa shape index (κ1) is 13.2. The SMILES string of the molecule is CNCC(C)C(=O)Nc1c(Cl)ncnc1Cl. The van der Waals surface area contributed by atoms with Crippen molar-refractivity contribution in [2.75, 3.05) is 18.9 Å². The average molecular weight is 263 g/mol. The maximum atomic E-state index is 11.7. The molecule has 2 N–H and O–H groups in total. The number of anilines is 1. The third kappa shape index (κ3) is 3.30. The van der Waals surface area contributed by atoms with Gasteiger partial charge >= 0.3 is 0 Å². The van der Waals surface area contributed by atoms with Gasteiger partial charge in [0, 0.05) is 12.5 Å². The molecular formula is C9H12Cl2N4O. The Morgan fingerprint density at radius 2 is 2.00 bits per heavy atom. The second-order valence-electron chi connectivity index (χ2n) is 3.28. The summed E-state index contributed by atoms with van der Waals surface area (Å²) in [7, 11) is 1.77. The van der Waals surface area contributed by atoms with Gasteiger partial charge < -0.3 is 10.6 Å². The molecule has 0 spiro atoms. The fourth-order valence-electron chi connectivity index (χ4n) is 1.09. The maximum absolute atomic E-state index is 11.7. The van der Waals surface area contributed by atoms with Crippen LogP contribution in [-0.2, 0) is 4.79 Å². The lowest BCUT2D eigenvalue weighted by molar-refractivity contribution is -0.119. The summed E-state index contributed by atoms with van der Waals surface area (Å²) in [5.74, 6) is -0.384. The van der Waals surface area contributed by atoms with Gasteiger partial charge in [-0.1, -0.05) is 30.1 Å². The fourth-order valence-corrected chi connectivity index (χ4v) is 1.50. The number of nitrogens with one attached hydrogen (secondary N) is 2. The molecule has 0 bridgehead atoms. The quantitative estimate of drug-likeness (QED) is 0.809. The van der Waals surface area contributed by atoms with Gasteiger partial charge in [-0.25, -0.2) is 9.97 Å². The van der Waals surface area contributed by atoms with Crippen molar-refractivity contribution in [3.63, 3.8) is 0 Å². The van der Waals surface area contributed by atoms with Crippen LogP contribution in [0.1, 0.15) is 6.92 Å².